The van der Waals surface area contributed by atoms with E-state index in [1.165, 1.54) is 7.11 Å². The van der Waals surface area contributed by atoms with Crippen LogP contribution < -0.4 is 4.90 Å². The van der Waals surface area contributed by atoms with E-state index in [1.807, 2.05) is 31.3 Å². The molecule has 0 saturated heterocycles. The second kappa shape index (κ2) is 9.17. The summed E-state index contributed by atoms with van der Waals surface area (Å²) in [6.07, 6.45) is 8.31. The smallest absolute Gasteiger partial charge is 0.414 e. The number of aromatic amines is 1. The third kappa shape index (κ3) is 4.00. The van der Waals surface area contributed by atoms with Gasteiger partial charge in [0.1, 0.15) is 11.3 Å². The van der Waals surface area contributed by atoms with Crippen LogP contribution in [0.25, 0.3) is 22.2 Å². The molecule has 0 unspecified atom stereocenters. The number of aliphatic carboxylic acids is 1. The van der Waals surface area contributed by atoms with E-state index in [9.17, 15) is 14.7 Å². The molecule has 37 heavy (non-hydrogen) atoms. The number of aryl methyl sites for hydroxylation is 1. The number of hydrogen-bond acceptors (Lipinski definition) is 6. The van der Waals surface area contributed by atoms with Gasteiger partial charge in [0, 0.05) is 36.5 Å². The van der Waals surface area contributed by atoms with Crippen molar-refractivity contribution in [3.8, 4) is 0 Å². The third-order valence-corrected chi connectivity index (χ3v) is 7.91. The molecule has 1 aliphatic carbocycles. The van der Waals surface area contributed by atoms with E-state index in [2.05, 4.69) is 14.5 Å². The molecule has 1 aliphatic heterocycles. The predicted molar refractivity (Wildman–Crippen MR) is 138 cm³/mol. The van der Waals surface area contributed by atoms with Gasteiger partial charge in [-0.05, 0) is 57.2 Å². The van der Waals surface area contributed by atoms with Gasteiger partial charge in [-0.2, -0.15) is 0 Å². The number of H-pyrrole nitrogens is 1. The molecular formula is C27H30N6O4. The average Bonchev–Trinajstić information content (AvgIpc) is 3.52. The maximum atomic E-state index is 12.6. The lowest BCUT2D eigenvalue weighted by Gasteiger charge is -2.34. The molecule has 2 aliphatic rings. The Morgan fingerprint density at radius 3 is 2.86 bits per heavy atom. The summed E-state index contributed by atoms with van der Waals surface area (Å²) in [4.78, 5) is 43.7. The number of carboxylic acid groups (broad SMARTS) is 1. The number of anilines is 1. The molecule has 192 valence electrons. The molecule has 6 rings (SSSR count). The number of amides is 1. The molecule has 0 bridgehead atoms. The summed E-state index contributed by atoms with van der Waals surface area (Å²) in [6.45, 7) is 2.03. The zero-order valence-electron chi connectivity index (χ0n) is 21.0. The number of carboxylic acids is 1. The van der Waals surface area contributed by atoms with Crippen LogP contribution in [0.5, 0.6) is 0 Å². The van der Waals surface area contributed by atoms with Crippen LogP contribution in [0.1, 0.15) is 62.2 Å². The number of nitrogens with one attached hydrogen (secondary N) is 1. The first kappa shape index (κ1) is 23.4. The molecule has 10 nitrogen and oxygen atoms in total. The first-order valence-corrected chi connectivity index (χ1v) is 12.9. The molecule has 2 N–H and O–H groups in total. The molecule has 1 aromatic carbocycles. The lowest BCUT2D eigenvalue weighted by Crippen LogP contribution is -2.42. The van der Waals surface area contributed by atoms with E-state index in [1.54, 1.807) is 11.1 Å². The van der Waals surface area contributed by atoms with Gasteiger partial charge in [0.25, 0.3) is 0 Å². The third-order valence-electron chi connectivity index (χ3n) is 7.91. The topological polar surface area (TPSA) is 126 Å². The minimum absolute atomic E-state index is 0.0225. The standard InChI is InChI=1S/C27H30N6O4/c1-15-6-7-19-21(32(15)27(36)37-2)8-9-22-24(19)31-23(13-17-14-29-20-10-11-28-25(20)30-17)33(22)18-5-3-4-16(12-18)26(34)35/h8-11,14-16,18H,3-7,12-13H2,1-2H3,(H,28,30)(H,34,35)/t15-,16+,18+/m0/s1. The number of carbonyl (C=O) groups is 2. The van der Waals surface area contributed by atoms with E-state index in [4.69, 9.17) is 14.7 Å². The van der Waals surface area contributed by atoms with Crippen molar-refractivity contribution >= 4 is 39.9 Å². The second-order valence-corrected chi connectivity index (χ2v) is 10.2. The van der Waals surface area contributed by atoms with Crippen molar-refractivity contribution in [1.82, 2.24) is 24.5 Å². The lowest BCUT2D eigenvalue weighted by atomic mass is 9.85. The highest BCUT2D eigenvalue weighted by Gasteiger charge is 2.34. The van der Waals surface area contributed by atoms with Crippen molar-refractivity contribution in [2.24, 2.45) is 5.92 Å². The summed E-state index contributed by atoms with van der Waals surface area (Å²) in [7, 11) is 1.40. The first-order chi connectivity index (χ1) is 17.9. The largest absolute Gasteiger partial charge is 0.481 e. The van der Waals surface area contributed by atoms with Crippen LogP contribution in [0.4, 0.5) is 10.5 Å². The lowest BCUT2D eigenvalue weighted by molar-refractivity contribution is -0.143. The Labute approximate surface area is 213 Å². The van der Waals surface area contributed by atoms with Crippen LogP contribution in [0.15, 0.2) is 30.6 Å². The van der Waals surface area contributed by atoms with Gasteiger partial charge in [0.15, 0.2) is 5.65 Å². The SMILES string of the molecule is COC(=O)N1c2ccc3c(nc(Cc4cnc5cc[nH]c5n4)n3[C@@H]3CCC[C@@H](C(=O)O)C3)c2CC[C@@H]1C. The van der Waals surface area contributed by atoms with Gasteiger partial charge in [0.2, 0.25) is 0 Å². The van der Waals surface area contributed by atoms with Crippen molar-refractivity contribution in [2.75, 3.05) is 12.0 Å². The summed E-state index contributed by atoms with van der Waals surface area (Å²) in [6, 6.07) is 5.93. The minimum atomic E-state index is -0.737. The number of aromatic nitrogens is 5. The molecular weight excluding hydrogens is 472 g/mol. The number of benzene rings is 1. The van der Waals surface area contributed by atoms with Crippen molar-refractivity contribution in [3.05, 3.63) is 47.7 Å². The van der Waals surface area contributed by atoms with Crippen LogP contribution in [0, 0.1) is 5.92 Å². The summed E-state index contributed by atoms with van der Waals surface area (Å²) in [5.41, 5.74) is 6.00. The van der Waals surface area contributed by atoms with Crippen LogP contribution in [0.2, 0.25) is 0 Å². The first-order valence-electron chi connectivity index (χ1n) is 12.9. The van der Waals surface area contributed by atoms with E-state index in [0.29, 0.717) is 19.3 Å². The van der Waals surface area contributed by atoms with E-state index in [-0.39, 0.29) is 24.1 Å². The summed E-state index contributed by atoms with van der Waals surface area (Å²) >= 11 is 0. The number of nitrogens with zero attached hydrogens (tertiary/aromatic N) is 5. The van der Waals surface area contributed by atoms with Crippen LogP contribution in [-0.2, 0) is 22.4 Å². The van der Waals surface area contributed by atoms with Crippen LogP contribution in [0.3, 0.4) is 0 Å². The molecule has 4 aromatic rings. The summed E-state index contributed by atoms with van der Waals surface area (Å²) in [5.74, 6) is -0.269. The number of hydrogen-bond donors (Lipinski definition) is 2. The van der Waals surface area contributed by atoms with Gasteiger partial charge in [0.05, 0.1) is 35.4 Å². The monoisotopic (exact) mass is 502 g/mol. The van der Waals surface area contributed by atoms with E-state index < -0.39 is 5.97 Å². The molecule has 1 fully saturated rings. The fourth-order valence-corrected chi connectivity index (χ4v) is 6.09. The summed E-state index contributed by atoms with van der Waals surface area (Å²) in [5, 5.41) is 9.74. The van der Waals surface area contributed by atoms with Crippen LogP contribution in [-0.4, -0.2) is 54.8 Å². The second-order valence-electron chi connectivity index (χ2n) is 10.2. The minimum Gasteiger partial charge on any atom is -0.481 e. The van der Waals surface area contributed by atoms with Gasteiger partial charge in [-0.1, -0.05) is 6.42 Å². The zero-order valence-corrected chi connectivity index (χ0v) is 21.0. The van der Waals surface area contributed by atoms with Crippen molar-refractivity contribution < 1.29 is 19.4 Å². The molecule has 3 aromatic heterocycles. The van der Waals surface area contributed by atoms with Gasteiger partial charge < -0.3 is 19.4 Å². The number of rotatable bonds is 4. The Hall–Kier alpha value is -3.95. The van der Waals surface area contributed by atoms with Gasteiger partial charge in [-0.3, -0.25) is 14.7 Å². The Morgan fingerprint density at radius 1 is 1.19 bits per heavy atom. The highest BCUT2D eigenvalue weighted by Crippen LogP contribution is 2.40. The van der Waals surface area contributed by atoms with Gasteiger partial charge in [-0.15, -0.1) is 0 Å². The van der Waals surface area contributed by atoms with Crippen molar-refractivity contribution in [1.29, 1.82) is 0 Å². The molecule has 1 amide bonds. The highest BCUT2D eigenvalue weighted by atomic mass is 16.5. The van der Waals surface area contributed by atoms with E-state index >= 15 is 0 Å². The molecule has 1 saturated carbocycles. The van der Waals surface area contributed by atoms with Gasteiger partial charge in [-0.25, -0.2) is 14.8 Å². The number of carbonyl (C=O) groups excluding carboxylic acids is 1. The highest BCUT2D eigenvalue weighted by molar-refractivity contribution is 5.95. The molecule has 0 spiro atoms. The Kier molecular flexibility index (Phi) is 5.81. The molecule has 10 heteroatoms. The average molecular weight is 503 g/mol. The Morgan fingerprint density at radius 2 is 2.05 bits per heavy atom. The number of imidazole rings is 1. The molecule has 3 atom stereocenters. The zero-order chi connectivity index (χ0) is 25.7. The van der Waals surface area contributed by atoms with Crippen LogP contribution >= 0.6 is 0 Å². The number of ether oxygens (including phenoxy) is 1. The fraction of sp³-hybridized carbons (Fsp3) is 0.444. The quantitative estimate of drug-likeness (QED) is 0.417. The number of fused-ring (bicyclic) bond motifs is 4. The normalized spacial score (nSPS) is 21.8. The van der Waals surface area contributed by atoms with Crippen molar-refractivity contribution in [2.45, 2.75) is 64.0 Å². The van der Waals surface area contributed by atoms with Crippen molar-refractivity contribution in [3.63, 3.8) is 0 Å². The number of methoxy groups -OCH3 is 1. The summed E-state index contributed by atoms with van der Waals surface area (Å²) < 4.78 is 7.31. The Balaban J connectivity index is 1.49. The maximum absolute atomic E-state index is 12.6. The molecule has 0 radical (unpaired) electrons. The molecule has 4 heterocycles. The Bertz CT molecular complexity index is 1510. The fourth-order valence-electron chi connectivity index (χ4n) is 6.09. The van der Waals surface area contributed by atoms with Gasteiger partial charge >= 0.3 is 12.1 Å². The maximum Gasteiger partial charge on any atom is 0.414 e. The van der Waals surface area contributed by atoms with E-state index in [0.717, 1.165) is 70.6 Å². The predicted octanol–water partition coefficient (Wildman–Crippen LogP) is 4.62.